The minimum Gasteiger partial charge on any atom is -0.465 e. The number of benzene rings is 2. The first kappa shape index (κ1) is 14.8. The van der Waals surface area contributed by atoms with E-state index in [1.54, 1.807) is 30.3 Å². The number of esters is 1. The summed E-state index contributed by atoms with van der Waals surface area (Å²) in [5.41, 5.74) is 2.35. The Kier molecular flexibility index (Phi) is 4.72. The fraction of sp³-hybridized carbons (Fsp3) is 0.176. The van der Waals surface area contributed by atoms with Crippen molar-refractivity contribution in [1.82, 2.24) is 0 Å². The van der Waals surface area contributed by atoms with Gasteiger partial charge >= 0.3 is 5.97 Å². The highest BCUT2D eigenvalue weighted by Gasteiger charge is 2.15. The predicted molar refractivity (Wildman–Crippen MR) is 81.6 cm³/mol. The number of carbonyl (C=O) groups is 2. The van der Waals surface area contributed by atoms with Crippen molar-refractivity contribution in [3.05, 3.63) is 65.2 Å². The fourth-order valence-electron chi connectivity index (χ4n) is 2.12. The lowest BCUT2D eigenvalue weighted by Gasteiger charge is -2.11. The van der Waals surface area contributed by atoms with Crippen molar-refractivity contribution in [2.24, 2.45) is 0 Å². The molecule has 2 aromatic carbocycles. The third-order valence-electron chi connectivity index (χ3n) is 3.22. The van der Waals surface area contributed by atoms with Crippen molar-refractivity contribution in [3.8, 4) is 0 Å². The maximum absolute atomic E-state index is 12.4. The Bertz CT molecular complexity index is 665. The van der Waals surface area contributed by atoms with Crippen LogP contribution in [0.25, 0.3) is 0 Å². The highest BCUT2D eigenvalue weighted by atomic mass is 16.5. The van der Waals surface area contributed by atoms with Crippen molar-refractivity contribution < 1.29 is 14.3 Å². The van der Waals surface area contributed by atoms with E-state index in [1.165, 1.54) is 7.11 Å². The van der Waals surface area contributed by atoms with Gasteiger partial charge in [-0.25, -0.2) is 4.79 Å². The number of methoxy groups -OCH3 is 1. The van der Waals surface area contributed by atoms with E-state index in [4.69, 9.17) is 4.74 Å². The lowest BCUT2D eigenvalue weighted by molar-refractivity contribution is 0.0602. The SMILES string of the molecule is CCc1ccccc1C(=O)Nc1ccccc1C(=O)OC. The van der Waals surface area contributed by atoms with Crippen LogP contribution in [0, 0.1) is 0 Å². The van der Waals surface area contributed by atoms with Crippen LogP contribution in [0.4, 0.5) is 5.69 Å². The van der Waals surface area contributed by atoms with Crippen LogP contribution >= 0.6 is 0 Å². The molecular weight excluding hydrogens is 266 g/mol. The van der Waals surface area contributed by atoms with Gasteiger partial charge in [0.25, 0.3) is 5.91 Å². The molecule has 2 aromatic rings. The maximum atomic E-state index is 12.4. The number of carbonyl (C=O) groups excluding carboxylic acids is 2. The number of hydrogen-bond acceptors (Lipinski definition) is 3. The molecule has 0 saturated heterocycles. The van der Waals surface area contributed by atoms with Crippen LogP contribution in [-0.4, -0.2) is 19.0 Å². The minimum absolute atomic E-state index is 0.233. The normalized spacial score (nSPS) is 10.0. The van der Waals surface area contributed by atoms with E-state index >= 15 is 0 Å². The Morgan fingerprint density at radius 3 is 2.29 bits per heavy atom. The first-order chi connectivity index (χ1) is 10.2. The summed E-state index contributed by atoms with van der Waals surface area (Å²) in [6, 6.07) is 14.2. The minimum atomic E-state index is -0.477. The molecule has 0 unspecified atom stereocenters. The Morgan fingerprint density at radius 1 is 1.00 bits per heavy atom. The Morgan fingerprint density at radius 2 is 1.62 bits per heavy atom. The number of para-hydroxylation sites is 1. The molecule has 0 aliphatic rings. The van der Waals surface area contributed by atoms with Crippen LogP contribution in [0.5, 0.6) is 0 Å². The van der Waals surface area contributed by atoms with Gasteiger partial charge in [-0.3, -0.25) is 4.79 Å². The molecule has 1 amide bonds. The molecule has 0 aromatic heterocycles. The summed E-state index contributed by atoms with van der Waals surface area (Å²) >= 11 is 0. The number of amides is 1. The molecule has 108 valence electrons. The number of aryl methyl sites for hydroxylation is 1. The van der Waals surface area contributed by atoms with Crippen molar-refractivity contribution in [2.75, 3.05) is 12.4 Å². The molecule has 0 atom stereocenters. The van der Waals surface area contributed by atoms with Crippen LogP contribution < -0.4 is 5.32 Å². The summed E-state index contributed by atoms with van der Waals surface area (Å²) in [6.07, 6.45) is 0.766. The van der Waals surface area contributed by atoms with Crippen LogP contribution in [0.1, 0.15) is 33.2 Å². The highest BCUT2D eigenvalue weighted by Crippen LogP contribution is 2.18. The first-order valence-electron chi connectivity index (χ1n) is 6.74. The number of nitrogens with one attached hydrogen (secondary N) is 1. The summed E-state index contributed by atoms with van der Waals surface area (Å²) in [5, 5.41) is 2.78. The quantitative estimate of drug-likeness (QED) is 0.876. The van der Waals surface area contributed by atoms with Crippen LogP contribution in [0.3, 0.4) is 0 Å². The largest absolute Gasteiger partial charge is 0.465 e. The van der Waals surface area contributed by atoms with Crippen molar-refractivity contribution in [2.45, 2.75) is 13.3 Å². The second kappa shape index (κ2) is 6.70. The molecule has 0 aliphatic heterocycles. The van der Waals surface area contributed by atoms with Gasteiger partial charge in [-0.1, -0.05) is 37.3 Å². The van der Waals surface area contributed by atoms with E-state index < -0.39 is 5.97 Å². The third-order valence-corrected chi connectivity index (χ3v) is 3.22. The van der Waals surface area contributed by atoms with E-state index in [0.29, 0.717) is 16.8 Å². The summed E-state index contributed by atoms with van der Waals surface area (Å²) in [5.74, 6) is -0.710. The summed E-state index contributed by atoms with van der Waals surface area (Å²) in [4.78, 5) is 24.1. The van der Waals surface area contributed by atoms with E-state index in [0.717, 1.165) is 12.0 Å². The average molecular weight is 283 g/mol. The molecule has 0 heterocycles. The van der Waals surface area contributed by atoms with Crippen molar-refractivity contribution in [3.63, 3.8) is 0 Å². The molecule has 1 N–H and O–H groups in total. The van der Waals surface area contributed by atoms with E-state index in [-0.39, 0.29) is 5.91 Å². The Labute approximate surface area is 123 Å². The van der Waals surface area contributed by atoms with Gasteiger partial charge in [0, 0.05) is 5.56 Å². The van der Waals surface area contributed by atoms with Gasteiger partial charge in [-0.05, 0) is 30.2 Å². The van der Waals surface area contributed by atoms with Crippen molar-refractivity contribution >= 4 is 17.6 Å². The molecule has 2 rings (SSSR count). The molecule has 0 saturated carbocycles. The summed E-state index contributed by atoms with van der Waals surface area (Å²) in [6.45, 7) is 1.99. The zero-order chi connectivity index (χ0) is 15.2. The monoisotopic (exact) mass is 283 g/mol. The van der Waals surface area contributed by atoms with Gasteiger partial charge in [0.2, 0.25) is 0 Å². The van der Waals surface area contributed by atoms with Crippen LogP contribution in [0.2, 0.25) is 0 Å². The molecule has 0 spiro atoms. The van der Waals surface area contributed by atoms with Gasteiger partial charge in [-0.15, -0.1) is 0 Å². The lowest BCUT2D eigenvalue weighted by Crippen LogP contribution is -2.16. The van der Waals surface area contributed by atoms with Gasteiger partial charge in [0.1, 0.15) is 0 Å². The van der Waals surface area contributed by atoms with E-state index in [1.807, 2.05) is 25.1 Å². The van der Waals surface area contributed by atoms with Gasteiger partial charge in [0.15, 0.2) is 0 Å². The maximum Gasteiger partial charge on any atom is 0.339 e. The molecular formula is C17H17NO3. The van der Waals surface area contributed by atoms with Gasteiger partial charge in [0.05, 0.1) is 18.4 Å². The summed E-state index contributed by atoms with van der Waals surface area (Å²) < 4.78 is 4.72. The first-order valence-corrected chi connectivity index (χ1v) is 6.74. The number of ether oxygens (including phenoxy) is 1. The average Bonchev–Trinajstić information content (AvgIpc) is 2.54. The number of anilines is 1. The Balaban J connectivity index is 2.30. The number of hydrogen-bond donors (Lipinski definition) is 1. The van der Waals surface area contributed by atoms with Crippen molar-refractivity contribution in [1.29, 1.82) is 0 Å². The van der Waals surface area contributed by atoms with Crippen LogP contribution in [0.15, 0.2) is 48.5 Å². The highest BCUT2D eigenvalue weighted by molar-refractivity contribution is 6.08. The zero-order valence-corrected chi connectivity index (χ0v) is 12.1. The molecule has 0 fully saturated rings. The molecule has 0 bridgehead atoms. The second-order valence-electron chi connectivity index (χ2n) is 4.50. The molecule has 21 heavy (non-hydrogen) atoms. The molecule has 0 radical (unpaired) electrons. The summed E-state index contributed by atoms with van der Waals surface area (Å²) in [7, 11) is 1.31. The van der Waals surface area contributed by atoms with Gasteiger partial charge < -0.3 is 10.1 Å². The molecule has 0 aliphatic carbocycles. The predicted octanol–water partition coefficient (Wildman–Crippen LogP) is 3.29. The standard InChI is InChI=1S/C17H17NO3/c1-3-12-8-4-5-9-13(12)16(19)18-15-11-7-6-10-14(15)17(20)21-2/h4-11H,3H2,1-2H3,(H,18,19). The zero-order valence-electron chi connectivity index (χ0n) is 12.1. The topological polar surface area (TPSA) is 55.4 Å². The number of rotatable bonds is 4. The Hall–Kier alpha value is -2.62. The molecule has 4 heteroatoms. The van der Waals surface area contributed by atoms with E-state index in [9.17, 15) is 9.59 Å². The lowest BCUT2D eigenvalue weighted by atomic mass is 10.0. The van der Waals surface area contributed by atoms with E-state index in [2.05, 4.69) is 5.32 Å². The van der Waals surface area contributed by atoms with Crippen LogP contribution in [-0.2, 0) is 11.2 Å². The second-order valence-corrected chi connectivity index (χ2v) is 4.50. The third kappa shape index (κ3) is 3.28. The van der Waals surface area contributed by atoms with Gasteiger partial charge in [-0.2, -0.15) is 0 Å². The smallest absolute Gasteiger partial charge is 0.339 e. The molecule has 4 nitrogen and oxygen atoms in total. The fourth-order valence-corrected chi connectivity index (χ4v) is 2.12.